The highest BCUT2D eigenvalue weighted by Crippen LogP contribution is 2.29. The summed E-state index contributed by atoms with van der Waals surface area (Å²) in [4.78, 5) is 11.1. The molecule has 0 saturated heterocycles. The monoisotopic (exact) mass is 294 g/mol. The number of nitrogens with two attached hydrogens (primary N) is 1. The predicted molar refractivity (Wildman–Crippen MR) is 75.3 cm³/mol. The van der Waals surface area contributed by atoms with Crippen molar-refractivity contribution in [2.75, 3.05) is 12.3 Å². The highest BCUT2D eigenvalue weighted by molar-refractivity contribution is 7.85. The molecule has 0 aromatic rings. The van der Waals surface area contributed by atoms with E-state index in [2.05, 4.69) is 19.2 Å². The lowest BCUT2D eigenvalue weighted by Crippen LogP contribution is -2.38. The first-order valence-corrected chi connectivity index (χ1v) is 8.09. The summed E-state index contributed by atoms with van der Waals surface area (Å²) in [5.74, 6) is -0.541. The van der Waals surface area contributed by atoms with Crippen LogP contribution in [0.25, 0.3) is 0 Å². The van der Waals surface area contributed by atoms with Crippen LogP contribution in [0, 0.1) is 5.41 Å². The second kappa shape index (κ2) is 7.81. The molecule has 0 aromatic carbocycles. The van der Waals surface area contributed by atoms with Crippen LogP contribution in [0.2, 0.25) is 0 Å². The van der Waals surface area contributed by atoms with Crippen LogP contribution in [-0.4, -0.2) is 37.2 Å². The zero-order chi connectivity index (χ0) is 15.1. The van der Waals surface area contributed by atoms with E-state index in [-0.39, 0.29) is 29.5 Å². The minimum absolute atomic E-state index is 0.0360. The summed E-state index contributed by atoms with van der Waals surface area (Å²) in [5, 5.41) is 2.74. The second-order valence-corrected chi connectivity index (χ2v) is 7.30. The molecule has 1 unspecified atom stereocenters. The Morgan fingerprint density at radius 3 is 2.42 bits per heavy atom. The van der Waals surface area contributed by atoms with Gasteiger partial charge >= 0.3 is 0 Å². The van der Waals surface area contributed by atoms with Gasteiger partial charge in [-0.2, -0.15) is 8.42 Å². The number of hydrogen-bond acceptors (Lipinski definition) is 4. The van der Waals surface area contributed by atoms with E-state index in [1.165, 1.54) is 6.92 Å². The Bertz CT molecular complexity index is 379. The number of rotatable bonds is 9. The van der Waals surface area contributed by atoms with Gasteiger partial charge in [-0.15, -0.1) is 0 Å². The molecule has 0 aliphatic heterocycles. The maximum atomic E-state index is 11.1. The van der Waals surface area contributed by atoms with Crippen molar-refractivity contribution in [1.29, 1.82) is 0 Å². The van der Waals surface area contributed by atoms with Gasteiger partial charge in [0, 0.05) is 13.0 Å². The van der Waals surface area contributed by atoms with Crippen molar-refractivity contribution < 1.29 is 17.8 Å². The third kappa shape index (κ3) is 10.9. The topological polar surface area (TPSA) is 109 Å². The van der Waals surface area contributed by atoms with Crippen LogP contribution in [0.3, 0.4) is 0 Å². The molecule has 0 saturated carbocycles. The summed E-state index contributed by atoms with van der Waals surface area (Å²) < 4.78 is 30.4. The molecule has 0 heterocycles. The van der Waals surface area contributed by atoms with E-state index in [1.54, 1.807) is 0 Å². The summed E-state index contributed by atoms with van der Waals surface area (Å²) in [5.41, 5.74) is 5.44. The average Bonchev–Trinajstić information content (AvgIpc) is 2.21. The Hall–Kier alpha value is -0.660. The van der Waals surface area contributed by atoms with Crippen LogP contribution in [-0.2, 0) is 14.9 Å². The van der Waals surface area contributed by atoms with Gasteiger partial charge in [0.25, 0.3) is 10.1 Å². The van der Waals surface area contributed by atoms with Crippen molar-refractivity contribution >= 4 is 16.0 Å². The van der Waals surface area contributed by atoms with Gasteiger partial charge in [0.2, 0.25) is 5.91 Å². The summed E-state index contributed by atoms with van der Waals surface area (Å²) >= 11 is 0. The highest BCUT2D eigenvalue weighted by Gasteiger charge is 2.24. The molecule has 0 bridgehead atoms. The Morgan fingerprint density at radius 2 is 2.00 bits per heavy atom. The minimum Gasteiger partial charge on any atom is -0.354 e. The predicted octanol–water partition coefficient (Wildman–Crippen LogP) is 0.924. The first kappa shape index (κ1) is 18.3. The molecule has 19 heavy (non-hydrogen) atoms. The van der Waals surface area contributed by atoms with E-state index in [0.717, 1.165) is 12.8 Å². The smallest absolute Gasteiger partial charge is 0.264 e. The van der Waals surface area contributed by atoms with E-state index in [0.29, 0.717) is 13.0 Å². The molecule has 0 fully saturated rings. The fourth-order valence-electron chi connectivity index (χ4n) is 2.15. The molecule has 0 radical (unpaired) electrons. The Balaban J connectivity index is 4.53. The number of nitrogens with one attached hydrogen (secondary N) is 1. The molecule has 0 spiro atoms. The average molecular weight is 294 g/mol. The van der Waals surface area contributed by atoms with E-state index in [1.807, 2.05) is 0 Å². The molecule has 7 heteroatoms. The quantitative estimate of drug-likeness (QED) is 0.548. The van der Waals surface area contributed by atoms with Crippen LogP contribution in [0.5, 0.6) is 0 Å². The third-order valence-electron chi connectivity index (χ3n) is 2.99. The van der Waals surface area contributed by atoms with Crippen molar-refractivity contribution in [3.8, 4) is 0 Å². The molecule has 1 atom stereocenters. The zero-order valence-electron chi connectivity index (χ0n) is 12.0. The zero-order valence-corrected chi connectivity index (χ0v) is 12.8. The van der Waals surface area contributed by atoms with Crippen LogP contribution in [0.4, 0.5) is 0 Å². The normalized spacial score (nSPS) is 14.2. The molecular weight excluding hydrogens is 268 g/mol. The Morgan fingerprint density at radius 1 is 1.42 bits per heavy atom. The van der Waals surface area contributed by atoms with Gasteiger partial charge < -0.3 is 11.1 Å². The fraction of sp³-hybridized carbons (Fsp3) is 0.917. The third-order valence-corrected chi connectivity index (χ3v) is 3.74. The Labute approximate surface area is 115 Å². The van der Waals surface area contributed by atoms with Gasteiger partial charge in [-0.3, -0.25) is 9.35 Å². The standard InChI is InChI=1S/C12H26N2O4S/c1-10(15)14-11(5-8-19(16,17)18)9-12(2,3)6-4-7-13/h11H,4-9,13H2,1-3H3,(H,14,15)(H,16,17,18). The fourth-order valence-corrected chi connectivity index (χ4v) is 2.74. The minimum atomic E-state index is -4.00. The number of carbonyl (C=O) groups is 1. The van der Waals surface area contributed by atoms with E-state index in [4.69, 9.17) is 10.3 Å². The van der Waals surface area contributed by atoms with Gasteiger partial charge in [0.1, 0.15) is 0 Å². The van der Waals surface area contributed by atoms with Gasteiger partial charge in [-0.05, 0) is 37.6 Å². The lowest BCUT2D eigenvalue weighted by molar-refractivity contribution is -0.119. The van der Waals surface area contributed by atoms with Crippen molar-refractivity contribution in [3.63, 3.8) is 0 Å². The van der Waals surface area contributed by atoms with E-state index < -0.39 is 10.1 Å². The summed E-state index contributed by atoms with van der Waals surface area (Å²) in [6, 6.07) is -0.257. The first-order valence-electron chi connectivity index (χ1n) is 6.48. The molecule has 0 aliphatic carbocycles. The van der Waals surface area contributed by atoms with Crippen LogP contribution in [0.1, 0.15) is 46.5 Å². The summed E-state index contributed by atoms with van der Waals surface area (Å²) in [6.07, 6.45) is 2.66. The van der Waals surface area contributed by atoms with Crippen LogP contribution >= 0.6 is 0 Å². The maximum Gasteiger partial charge on any atom is 0.264 e. The van der Waals surface area contributed by atoms with Crippen LogP contribution < -0.4 is 11.1 Å². The maximum absolute atomic E-state index is 11.1. The number of amides is 1. The molecule has 4 N–H and O–H groups in total. The van der Waals surface area contributed by atoms with E-state index >= 15 is 0 Å². The molecule has 1 amide bonds. The molecular formula is C12H26N2O4S. The summed E-state index contributed by atoms with van der Waals surface area (Å²) in [6.45, 7) is 6.13. The second-order valence-electron chi connectivity index (χ2n) is 5.73. The van der Waals surface area contributed by atoms with Gasteiger partial charge in [0.15, 0.2) is 0 Å². The van der Waals surface area contributed by atoms with Crippen molar-refractivity contribution in [2.24, 2.45) is 11.1 Å². The SMILES string of the molecule is CC(=O)NC(CCS(=O)(=O)O)CC(C)(C)CCCN. The number of carbonyl (C=O) groups excluding carboxylic acids is 1. The van der Waals surface area contributed by atoms with Crippen molar-refractivity contribution in [2.45, 2.75) is 52.5 Å². The van der Waals surface area contributed by atoms with Gasteiger partial charge in [-0.25, -0.2) is 0 Å². The molecule has 0 aromatic heterocycles. The largest absolute Gasteiger partial charge is 0.354 e. The van der Waals surface area contributed by atoms with E-state index in [9.17, 15) is 13.2 Å². The lowest BCUT2D eigenvalue weighted by Gasteiger charge is -2.30. The summed E-state index contributed by atoms with van der Waals surface area (Å²) in [7, 11) is -4.00. The molecule has 6 nitrogen and oxygen atoms in total. The highest BCUT2D eigenvalue weighted by atomic mass is 32.2. The first-order chi connectivity index (χ1) is 8.56. The Kier molecular flexibility index (Phi) is 7.54. The van der Waals surface area contributed by atoms with Crippen molar-refractivity contribution in [3.05, 3.63) is 0 Å². The van der Waals surface area contributed by atoms with Crippen molar-refractivity contribution in [1.82, 2.24) is 5.32 Å². The van der Waals surface area contributed by atoms with Gasteiger partial charge in [-0.1, -0.05) is 13.8 Å². The number of hydrogen-bond donors (Lipinski definition) is 3. The molecule has 114 valence electrons. The lowest BCUT2D eigenvalue weighted by atomic mass is 9.81. The van der Waals surface area contributed by atoms with Crippen LogP contribution in [0.15, 0.2) is 0 Å². The molecule has 0 aliphatic rings. The van der Waals surface area contributed by atoms with Gasteiger partial charge in [0.05, 0.1) is 5.75 Å². The molecule has 0 rings (SSSR count).